The molecule has 1 saturated heterocycles. The third-order valence-corrected chi connectivity index (χ3v) is 14.0. The second-order valence-electron chi connectivity index (χ2n) is 17.2. The molecule has 3 amide bonds. The Hall–Kier alpha value is -3.41. The molecular weight excluding hydrogens is 606 g/mol. The van der Waals surface area contributed by atoms with Crippen molar-refractivity contribution >= 4 is 29.1 Å². The summed E-state index contributed by atoms with van der Waals surface area (Å²) in [4.78, 5) is 46.2. The quantitative estimate of drug-likeness (QED) is 0.303. The lowest BCUT2D eigenvalue weighted by molar-refractivity contribution is -0.194. The molecule has 5 aliphatic carbocycles. The van der Waals surface area contributed by atoms with Gasteiger partial charge in [0, 0.05) is 35.3 Å². The summed E-state index contributed by atoms with van der Waals surface area (Å²) >= 11 is 0. The molecule has 1 spiro atoms. The van der Waals surface area contributed by atoms with Crippen LogP contribution in [0.1, 0.15) is 96.6 Å². The highest BCUT2D eigenvalue weighted by molar-refractivity contribution is 6.01. The first-order valence-electron chi connectivity index (χ1n) is 19.1. The minimum Gasteiger partial charge on any atom is -0.342 e. The van der Waals surface area contributed by atoms with Crippen LogP contribution in [0.4, 0.5) is 11.4 Å². The maximum absolute atomic E-state index is 14.9. The van der Waals surface area contributed by atoms with Crippen molar-refractivity contribution in [1.82, 2.24) is 4.90 Å². The number of nitrogens with zero attached hydrogens (tertiary/aromatic N) is 1. The van der Waals surface area contributed by atoms with Gasteiger partial charge < -0.3 is 15.5 Å². The number of likely N-dealkylation sites (tertiary alicyclic amines) is 1. The van der Waals surface area contributed by atoms with Gasteiger partial charge in [-0.3, -0.25) is 14.4 Å². The first-order valence-corrected chi connectivity index (χ1v) is 19.1. The lowest BCUT2D eigenvalue weighted by Gasteiger charge is -2.69. The van der Waals surface area contributed by atoms with Crippen molar-refractivity contribution in [2.24, 2.45) is 51.8 Å². The van der Waals surface area contributed by atoms with Crippen LogP contribution in [0.15, 0.2) is 60.2 Å². The molecular formula is C43H57N3O3. The predicted octanol–water partition coefficient (Wildman–Crippen LogP) is 8.95. The number of allylic oxidation sites excluding steroid dienone is 2. The van der Waals surface area contributed by atoms with Crippen molar-refractivity contribution < 1.29 is 14.4 Å². The molecule has 2 aromatic rings. The van der Waals surface area contributed by atoms with E-state index in [4.69, 9.17) is 0 Å². The molecule has 0 aromatic heterocycles. The summed E-state index contributed by atoms with van der Waals surface area (Å²) in [7, 11) is 0. The minimum atomic E-state index is -0.505. The molecule has 49 heavy (non-hydrogen) atoms. The van der Waals surface area contributed by atoms with Crippen molar-refractivity contribution in [2.75, 3.05) is 23.7 Å². The molecule has 3 saturated carbocycles. The average molecular weight is 664 g/mol. The van der Waals surface area contributed by atoms with Crippen LogP contribution in [-0.2, 0) is 14.4 Å². The number of piperidine rings is 1. The third-order valence-electron chi connectivity index (χ3n) is 14.0. The number of aryl methyl sites for hydroxylation is 2. The summed E-state index contributed by atoms with van der Waals surface area (Å²) in [5, 5.41) is 6.57. The largest absolute Gasteiger partial charge is 0.342 e. The molecule has 8 atom stereocenters. The van der Waals surface area contributed by atoms with Crippen LogP contribution in [0.5, 0.6) is 0 Å². The normalized spacial score (nSPS) is 35.2. The fourth-order valence-electron chi connectivity index (χ4n) is 11.8. The number of nitrogens with one attached hydrogen (secondary N) is 2. The second-order valence-corrected chi connectivity index (χ2v) is 17.2. The van der Waals surface area contributed by atoms with Crippen molar-refractivity contribution in [3.8, 4) is 0 Å². The van der Waals surface area contributed by atoms with E-state index in [2.05, 4.69) is 49.3 Å². The van der Waals surface area contributed by atoms with Crippen LogP contribution < -0.4 is 10.6 Å². The third kappa shape index (κ3) is 5.66. The highest BCUT2D eigenvalue weighted by atomic mass is 16.2. The van der Waals surface area contributed by atoms with E-state index in [1.165, 1.54) is 12.0 Å². The maximum Gasteiger partial charge on any atom is 0.229 e. The van der Waals surface area contributed by atoms with Crippen LogP contribution in [0.25, 0.3) is 0 Å². The molecule has 262 valence electrons. The van der Waals surface area contributed by atoms with E-state index >= 15 is 0 Å². The van der Waals surface area contributed by atoms with Gasteiger partial charge in [0.05, 0.1) is 11.8 Å². The van der Waals surface area contributed by atoms with Crippen LogP contribution in [-0.4, -0.2) is 35.7 Å². The zero-order chi connectivity index (χ0) is 34.7. The summed E-state index contributed by atoms with van der Waals surface area (Å²) in [6.45, 7) is 15.1. The van der Waals surface area contributed by atoms with Gasteiger partial charge in [-0.1, -0.05) is 81.2 Å². The molecule has 6 heteroatoms. The van der Waals surface area contributed by atoms with Crippen LogP contribution >= 0.6 is 0 Å². The van der Waals surface area contributed by atoms with E-state index in [0.29, 0.717) is 5.91 Å². The Kier molecular flexibility index (Phi) is 8.85. The summed E-state index contributed by atoms with van der Waals surface area (Å²) in [6, 6.07) is 16.0. The van der Waals surface area contributed by atoms with Gasteiger partial charge in [0.15, 0.2) is 0 Å². The highest BCUT2D eigenvalue weighted by Gasteiger charge is 2.70. The zero-order valence-corrected chi connectivity index (χ0v) is 30.6. The summed E-state index contributed by atoms with van der Waals surface area (Å²) < 4.78 is 0. The van der Waals surface area contributed by atoms with E-state index in [9.17, 15) is 14.4 Å². The van der Waals surface area contributed by atoms with E-state index < -0.39 is 22.7 Å². The number of amides is 3. The van der Waals surface area contributed by atoms with Gasteiger partial charge in [0.25, 0.3) is 0 Å². The Bertz CT molecular complexity index is 1620. The predicted molar refractivity (Wildman–Crippen MR) is 197 cm³/mol. The molecule has 1 heterocycles. The molecule has 6 aliphatic rings. The van der Waals surface area contributed by atoms with Gasteiger partial charge in [-0.15, -0.1) is 0 Å². The number of carbonyl (C=O) groups is 3. The molecule has 0 radical (unpaired) electrons. The lowest BCUT2D eigenvalue weighted by Crippen LogP contribution is -2.68. The lowest BCUT2D eigenvalue weighted by atomic mass is 9.34. The van der Waals surface area contributed by atoms with Crippen molar-refractivity contribution in [3.63, 3.8) is 0 Å². The second kappa shape index (κ2) is 12.7. The van der Waals surface area contributed by atoms with Crippen molar-refractivity contribution in [3.05, 3.63) is 71.3 Å². The Labute approximate surface area is 293 Å². The smallest absolute Gasteiger partial charge is 0.229 e. The average Bonchev–Trinajstić information content (AvgIpc) is 3.09. The Morgan fingerprint density at radius 1 is 0.755 bits per heavy atom. The van der Waals surface area contributed by atoms with Gasteiger partial charge >= 0.3 is 0 Å². The fraction of sp³-hybridized carbons (Fsp3) is 0.605. The van der Waals surface area contributed by atoms with Crippen LogP contribution in [0.3, 0.4) is 0 Å². The Balaban J connectivity index is 1.31. The van der Waals surface area contributed by atoms with Crippen LogP contribution in [0.2, 0.25) is 0 Å². The molecule has 2 bridgehead atoms. The molecule has 8 rings (SSSR count). The summed E-state index contributed by atoms with van der Waals surface area (Å²) in [5.74, 6) is 0.00272. The maximum atomic E-state index is 14.9. The van der Waals surface area contributed by atoms with E-state index in [0.717, 1.165) is 87.0 Å². The molecule has 4 unspecified atom stereocenters. The topological polar surface area (TPSA) is 78.5 Å². The number of anilines is 2. The van der Waals surface area contributed by atoms with E-state index in [1.54, 1.807) is 0 Å². The van der Waals surface area contributed by atoms with Gasteiger partial charge in [-0.25, -0.2) is 0 Å². The fourth-order valence-corrected chi connectivity index (χ4v) is 11.8. The number of benzene rings is 2. The summed E-state index contributed by atoms with van der Waals surface area (Å²) in [5.41, 5.74) is 4.20. The SMILES string of the molecule is Cc1ccc(NC(=O)[C@@H]2C3CC4C(C=C3C(C)C)(CCC3[C@]4(C)CCC[C@@]3(C)C(=O)N3CCCCC3)[C@@H]2C(=O)Nc2ccc(C)cc2)cc1. The molecule has 6 nitrogen and oxygen atoms in total. The number of rotatable bonds is 6. The summed E-state index contributed by atoms with van der Waals surface area (Å²) in [6.07, 6.45) is 11.6. The number of hydrogen-bond donors (Lipinski definition) is 2. The molecule has 2 N–H and O–H groups in total. The highest BCUT2D eigenvalue weighted by Crippen LogP contribution is 2.73. The standard InChI is InChI=1S/C43H57N3O3/c1-27(2)33-26-43-22-19-34-41(5,20-10-21-42(34,6)40(49)46-23-8-7-9-24-46)35(43)25-32(33)36(38(47)44-30-15-11-28(3)12-16-30)37(43)39(48)45-31-17-13-29(4)14-18-31/h11-18,26-27,32,34-37H,7-10,19-25H2,1-6H3,(H,44,47)(H,45,48)/t32?,34?,35?,36-,37+,41+,42-,43?/m1/s1. The minimum absolute atomic E-state index is 0.0346. The Morgan fingerprint density at radius 2 is 1.35 bits per heavy atom. The molecule has 2 aromatic carbocycles. The van der Waals surface area contributed by atoms with Gasteiger partial charge in [0.1, 0.15) is 0 Å². The van der Waals surface area contributed by atoms with E-state index in [1.807, 2.05) is 62.4 Å². The van der Waals surface area contributed by atoms with Crippen molar-refractivity contribution in [2.45, 2.75) is 99.3 Å². The van der Waals surface area contributed by atoms with Gasteiger partial charge in [0.2, 0.25) is 17.7 Å². The van der Waals surface area contributed by atoms with E-state index in [-0.39, 0.29) is 40.9 Å². The number of fused-ring (bicyclic) bond motifs is 2. The van der Waals surface area contributed by atoms with Gasteiger partial charge in [-0.05, 0) is 119 Å². The molecule has 4 fully saturated rings. The first-order chi connectivity index (χ1) is 23.4. The monoisotopic (exact) mass is 663 g/mol. The van der Waals surface area contributed by atoms with Crippen molar-refractivity contribution in [1.29, 1.82) is 0 Å². The number of hydrogen-bond acceptors (Lipinski definition) is 3. The zero-order valence-electron chi connectivity index (χ0n) is 30.6. The first kappa shape index (κ1) is 34.1. The van der Waals surface area contributed by atoms with Gasteiger partial charge in [-0.2, -0.15) is 0 Å². The number of carbonyl (C=O) groups excluding carboxylic acids is 3. The Morgan fingerprint density at radius 3 is 1.94 bits per heavy atom. The van der Waals surface area contributed by atoms with Crippen LogP contribution in [0, 0.1) is 65.6 Å². The molecule has 1 aliphatic heterocycles.